The Kier molecular flexibility index (Phi) is 7.28. The predicted molar refractivity (Wildman–Crippen MR) is 144 cm³/mol. The predicted octanol–water partition coefficient (Wildman–Crippen LogP) is 0.763. The van der Waals surface area contributed by atoms with Crippen LogP contribution in [-0.2, 0) is 25.5 Å². The number of allylic oxidation sites excluding steroid dienone is 1. The number of esters is 1. The van der Waals surface area contributed by atoms with E-state index >= 15 is 0 Å². The first-order valence-electron chi connectivity index (χ1n) is 12.7. The summed E-state index contributed by atoms with van der Waals surface area (Å²) in [4.78, 5) is 54.6. The molecule has 4 atom stereocenters. The summed E-state index contributed by atoms with van der Waals surface area (Å²) in [5, 5.41) is 45.2. The number of aromatic hydroxyl groups is 1. The van der Waals surface area contributed by atoms with Crippen LogP contribution in [0, 0.1) is 11.8 Å². The maximum absolute atomic E-state index is 14.0. The van der Waals surface area contributed by atoms with Gasteiger partial charge >= 0.3 is 5.97 Å². The van der Waals surface area contributed by atoms with E-state index in [1.54, 1.807) is 46.1 Å². The lowest BCUT2D eigenvalue weighted by Crippen LogP contribution is -2.63. The second-order valence-corrected chi connectivity index (χ2v) is 10.6. The highest BCUT2D eigenvalue weighted by Crippen LogP contribution is 2.53. The van der Waals surface area contributed by atoms with Gasteiger partial charge in [0.2, 0.25) is 5.78 Å². The first-order chi connectivity index (χ1) is 18.7. The van der Waals surface area contributed by atoms with Crippen LogP contribution in [0.3, 0.4) is 0 Å². The van der Waals surface area contributed by atoms with Crippen molar-refractivity contribution in [3.63, 3.8) is 0 Å². The zero-order valence-electron chi connectivity index (χ0n) is 22.9. The number of nitrogens with zero attached hydrogens (tertiary/aromatic N) is 2. The van der Waals surface area contributed by atoms with Crippen LogP contribution >= 0.6 is 0 Å². The van der Waals surface area contributed by atoms with Gasteiger partial charge in [-0.15, -0.1) is 0 Å². The van der Waals surface area contributed by atoms with Crippen LogP contribution in [-0.4, -0.2) is 95.2 Å². The fraction of sp³-hybridized carbons (Fsp3) is 0.429. The molecule has 0 bridgehead atoms. The van der Waals surface area contributed by atoms with Gasteiger partial charge in [0.15, 0.2) is 11.4 Å². The summed E-state index contributed by atoms with van der Waals surface area (Å²) < 4.78 is 4.89. The molecule has 0 saturated carbocycles. The van der Waals surface area contributed by atoms with Crippen LogP contribution < -0.4 is 10.6 Å². The average molecular weight is 556 g/mol. The summed E-state index contributed by atoms with van der Waals surface area (Å²) in [5.74, 6) is -7.85. The van der Waals surface area contributed by atoms with E-state index in [0.29, 0.717) is 11.3 Å². The van der Waals surface area contributed by atoms with Gasteiger partial charge in [0.25, 0.3) is 5.91 Å². The molecule has 0 aliphatic heterocycles. The van der Waals surface area contributed by atoms with Gasteiger partial charge in [-0.3, -0.25) is 19.3 Å². The first kappa shape index (κ1) is 28.8. The number of ether oxygens (including phenoxy) is 1. The van der Waals surface area contributed by atoms with Gasteiger partial charge in [-0.2, -0.15) is 0 Å². The zero-order chi connectivity index (χ0) is 29.8. The number of aliphatic hydroxyl groups is 3. The smallest absolute Gasteiger partial charge is 0.330 e. The highest BCUT2D eigenvalue weighted by molar-refractivity contribution is 6.25. The third-order valence-electron chi connectivity index (χ3n) is 7.90. The maximum atomic E-state index is 14.0. The number of carbonyl (C=O) groups excluding carboxylic acids is 4. The number of fused-ring (bicyclic) bond motifs is 3. The number of rotatable bonds is 6. The standard InChI is InChI=1S/C28H33N3O9/c1-6-40-17(32)8-7-12-11-16(30(2)3)14-9-13-10-15-21(31(4)5)24(35)20(27(29)38)26(37)28(15,39)25(36)18(13)23(34)19(14)22(12)33/h7-8,11,13,15,21,33,35-36,39H,6,9-10H2,1-5H3,(H2,29,38)/b8-7+. The molecule has 1 aromatic carbocycles. The van der Waals surface area contributed by atoms with Gasteiger partial charge in [0.05, 0.1) is 18.2 Å². The Labute approximate surface area is 230 Å². The van der Waals surface area contributed by atoms with Crippen molar-refractivity contribution in [1.29, 1.82) is 0 Å². The Bertz CT molecular complexity index is 1420. The van der Waals surface area contributed by atoms with Crippen molar-refractivity contribution in [2.45, 2.75) is 31.4 Å². The molecule has 3 aliphatic rings. The van der Waals surface area contributed by atoms with Crippen LogP contribution in [0.4, 0.5) is 5.69 Å². The Morgan fingerprint density at radius 3 is 2.38 bits per heavy atom. The van der Waals surface area contributed by atoms with Gasteiger partial charge in [0, 0.05) is 42.9 Å². The fourth-order valence-corrected chi connectivity index (χ4v) is 6.19. The van der Waals surface area contributed by atoms with Crippen molar-refractivity contribution in [2.24, 2.45) is 17.6 Å². The molecular weight excluding hydrogens is 522 g/mol. The molecule has 3 aliphatic carbocycles. The molecule has 12 heteroatoms. The average Bonchev–Trinajstić information content (AvgIpc) is 2.85. The second kappa shape index (κ2) is 10.1. The van der Waals surface area contributed by atoms with Gasteiger partial charge in [0.1, 0.15) is 22.8 Å². The summed E-state index contributed by atoms with van der Waals surface area (Å²) in [6, 6.07) is 0.549. The van der Waals surface area contributed by atoms with Crippen molar-refractivity contribution in [1.82, 2.24) is 4.90 Å². The number of aliphatic hydroxyl groups excluding tert-OH is 2. The van der Waals surface area contributed by atoms with Crippen LogP contribution in [0.5, 0.6) is 5.75 Å². The normalized spacial score (nSPS) is 26.1. The fourth-order valence-electron chi connectivity index (χ4n) is 6.19. The molecule has 1 aromatic rings. The largest absolute Gasteiger partial charge is 0.510 e. The number of phenols is 1. The van der Waals surface area contributed by atoms with Gasteiger partial charge < -0.3 is 35.8 Å². The molecule has 214 valence electrons. The number of phenolic OH excluding ortho intramolecular Hbond substituents is 1. The van der Waals surface area contributed by atoms with Crippen molar-refractivity contribution >= 4 is 35.2 Å². The number of nitrogens with two attached hydrogens (primary N) is 1. The molecule has 40 heavy (non-hydrogen) atoms. The summed E-state index contributed by atoms with van der Waals surface area (Å²) >= 11 is 0. The van der Waals surface area contributed by atoms with E-state index in [1.807, 2.05) is 0 Å². The number of benzene rings is 1. The lowest BCUT2D eigenvalue weighted by molar-refractivity contribution is -0.148. The lowest BCUT2D eigenvalue weighted by Gasteiger charge is -2.50. The number of anilines is 1. The summed E-state index contributed by atoms with van der Waals surface area (Å²) in [7, 11) is 6.63. The molecule has 12 nitrogen and oxygen atoms in total. The molecule has 6 N–H and O–H groups in total. The van der Waals surface area contributed by atoms with Crippen LogP contribution in [0.1, 0.15) is 34.8 Å². The Morgan fingerprint density at radius 2 is 1.82 bits per heavy atom. The first-order valence-corrected chi connectivity index (χ1v) is 12.7. The minimum atomic E-state index is -2.72. The number of ketones is 2. The van der Waals surface area contributed by atoms with Gasteiger partial charge in [-0.1, -0.05) is 0 Å². The van der Waals surface area contributed by atoms with Gasteiger partial charge in [-0.05, 0) is 57.5 Å². The molecule has 0 fully saturated rings. The Hall–Kier alpha value is -4.16. The van der Waals surface area contributed by atoms with E-state index in [1.165, 1.54) is 11.0 Å². The van der Waals surface area contributed by atoms with Crippen LogP contribution in [0.2, 0.25) is 0 Å². The third-order valence-corrected chi connectivity index (χ3v) is 7.90. The SMILES string of the molecule is CCOC(=O)/C=C/c1cc(N(C)C)c2c(c1O)C(=O)C1=C(O)C3(O)C(=O)C(C(N)=O)=C(O)C(N(C)C)C3CC1C2. The number of hydrogen-bond donors (Lipinski definition) is 5. The third kappa shape index (κ3) is 4.14. The molecule has 0 saturated heterocycles. The molecule has 4 unspecified atom stereocenters. The molecule has 1 amide bonds. The molecule has 0 radical (unpaired) electrons. The maximum Gasteiger partial charge on any atom is 0.330 e. The molecule has 0 heterocycles. The zero-order valence-corrected chi connectivity index (χ0v) is 22.9. The molecule has 0 aromatic heterocycles. The quantitative estimate of drug-likeness (QED) is 0.189. The summed E-state index contributed by atoms with van der Waals surface area (Å²) in [6.45, 7) is 1.79. The topological polar surface area (TPSA) is 191 Å². The minimum Gasteiger partial charge on any atom is -0.510 e. The highest BCUT2D eigenvalue weighted by atomic mass is 16.5. The van der Waals surface area contributed by atoms with Crippen molar-refractivity contribution in [2.75, 3.05) is 39.7 Å². The van der Waals surface area contributed by atoms with Crippen LogP contribution in [0.25, 0.3) is 6.08 Å². The van der Waals surface area contributed by atoms with E-state index in [9.17, 15) is 39.6 Å². The van der Waals surface area contributed by atoms with Crippen molar-refractivity contribution in [3.8, 4) is 5.75 Å². The highest BCUT2D eigenvalue weighted by Gasteiger charge is 2.63. The van der Waals surface area contributed by atoms with E-state index in [0.717, 1.165) is 6.08 Å². The van der Waals surface area contributed by atoms with Gasteiger partial charge in [-0.25, -0.2) is 4.79 Å². The monoisotopic (exact) mass is 555 g/mol. The second-order valence-electron chi connectivity index (χ2n) is 10.6. The summed E-state index contributed by atoms with van der Waals surface area (Å²) in [6.07, 6.45) is 2.55. The van der Waals surface area contributed by atoms with Crippen molar-refractivity contribution < 1.29 is 44.3 Å². The Balaban J connectivity index is 1.94. The number of amides is 1. The van der Waals surface area contributed by atoms with E-state index in [-0.39, 0.29) is 36.1 Å². The van der Waals surface area contributed by atoms with Crippen LogP contribution in [0.15, 0.2) is 34.8 Å². The number of Topliss-reactive ketones (excluding diaryl/α,β-unsaturated/α-hetero) is 2. The van der Waals surface area contributed by atoms with E-state index in [2.05, 4.69) is 0 Å². The number of hydrogen-bond acceptors (Lipinski definition) is 11. The molecular formula is C28H33N3O9. The minimum absolute atomic E-state index is 0.0100. The Morgan fingerprint density at radius 1 is 1.18 bits per heavy atom. The van der Waals surface area contributed by atoms with E-state index in [4.69, 9.17) is 10.5 Å². The number of carbonyl (C=O) groups is 4. The van der Waals surface area contributed by atoms with Crippen molar-refractivity contribution in [3.05, 3.63) is 51.5 Å². The van der Waals surface area contributed by atoms with E-state index < -0.39 is 69.8 Å². The number of likely N-dealkylation sites (N-methyl/N-ethyl adjacent to an activating group) is 1. The summed E-state index contributed by atoms with van der Waals surface area (Å²) in [5.41, 5.74) is 2.58. The number of primary amides is 1. The molecule has 0 spiro atoms. The lowest BCUT2D eigenvalue weighted by atomic mass is 9.58. The molecule has 4 rings (SSSR count).